The zero-order valence-corrected chi connectivity index (χ0v) is 16.0. The average molecular weight is 390 g/mol. The van der Waals surface area contributed by atoms with Crippen molar-refractivity contribution in [3.05, 3.63) is 35.6 Å². The van der Waals surface area contributed by atoms with Crippen molar-refractivity contribution >= 4 is 34.1 Å². The molecule has 3 aromatic rings. The second kappa shape index (κ2) is 8.88. The van der Waals surface area contributed by atoms with Crippen LogP contribution in [0.25, 0.3) is 11.4 Å². The molecule has 8 nitrogen and oxygen atoms in total. The lowest BCUT2D eigenvalue weighted by molar-refractivity contribution is -0.113. The van der Waals surface area contributed by atoms with Crippen LogP contribution in [0.4, 0.5) is 5.13 Å². The number of aryl methyl sites for hydroxylation is 1. The highest BCUT2D eigenvalue weighted by atomic mass is 32.2. The first kappa shape index (κ1) is 18.5. The molecular formula is C16H18N6O2S2. The van der Waals surface area contributed by atoms with Crippen LogP contribution in [0.5, 0.6) is 0 Å². The number of thioether (sulfide) groups is 1. The minimum absolute atomic E-state index is 0.129. The summed E-state index contributed by atoms with van der Waals surface area (Å²) >= 11 is 2.74. The summed E-state index contributed by atoms with van der Waals surface area (Å²) in [6, 6.07) is 3.75. The molecule has 1 amide bonds. The normalized spacial score (nSPS) is 10.8. The number of carbonyl (C=O) groups excluding carboxylic acids is 1. The third-order valence-electron chi connectivity index (χ3n) is 3.37. The number of thiazole rings is 1. The molecule has 0 saturated heterocycles. The van der Waals surface area contributed by atoms with Gasteiger partial charge in [-0.15, -0.1) is 21.5 Å². The molecule has 0 fully saturated rings. The van der Waals surface area contributed by atoms with Crippen molar-refractivity contribution in [3.8, 4) is 11.4 Å². The lowest BCUT2D eigenvalue weighted by atomic mass is 10.2. The summed E-state index contributed by atoms with van der Waals surface area (Å²) in [5, 5.41) is 14.5. The van der Waals surface area contributed by atoms with Gasteiger partial charge in [0.2, 0.25) is 5.91 Å². The molecule has 0 atom stereocenters. The van der Waals surface area contributed by atoms with Gasteiger partial charge in [-0.3, -0.25) is 14.3 Å². The number of ether oxygens (including phenoxy) is 1. The molecule has 0 spiro atoms. The largest absolute Gasteiger partial charge is 0.383 e. The van der Waals surface area contributed by atoms with Crippen LogP contribution in [-0.2, 0) is 16.1 Å². The standard InChI is InChI=1S/C16H18N6O2S2/c1-11-9-25-15(18-11)19-13(23)10-26-16-21-20-14(22(16)7-8-24-2)12-3-5-17-6-4-12/h3-6,9H,7-8,10H2,1-2H3,(H,18,19,23). The summed E-state index contributed by atoms with van der Waals surface area (Å²) in [5.74, 6) is 0.819. The van der Waals surface area contributed by atoms with Crippen LogP contribution in [0.3, 0.4) is 0 Å². The number of hydrogen-bond donors (Lipinski definition) is 1. The smallest absolute Gasteiger partial charge is 0.236 e. The van der Waals surface area contributed by atoms with E-state index in [1.807, 2.05) is 29.0 Å². The lowest BCUT2D eigenvalue weighted by Gasteiger charge is -2.09. The molecule has 26 heavy (non-hydrogen) atoms. The number of pyridine rings is 1. The number of methoxy groups -OCH3 is 1. The Morgan fingerprint density at radius 3 is 2.85 bits per heavy atom. The number of aromatic nitrogens is 5. The van der Waals surface area contributed by atoms with E-state index in [1.165, 1.54) is 23.1 Å². The maximum Gasteiger partial charge on any atom is 0.236 e. The summed E-state index contributed by atoms with van der Waals surface area (Å²) in [7, 11) is 1.65. The number of nitrogens with one attached hydrogen (secondary N) is 1. The van der Waals surface area contributed by atoms with E-state index in [0.29, 0.717) is 23.4 Å². The summed E-state index contributed by atoms with van der Waals surface area (Å²) in [5.41, 5.74) is 1.80. The van der Waals surface area contributed by atoms with E-state index in [2.05, 4.69) is 25.5 Å². The van der Waals surface area contributed by atoms with Gasteiger partial charge in [0.25, 0.3) is 0 Å². The molecule has 3 aromatic heterocycles. The minimum atomic E-state index is -0.129. The summed E-state index contributed by atoms with van der Waals surface area (Å²) in [6.45, 7) is 3.00. The predicted octanol–water partition coefficient (Wildman–Crippen LogP) is 2.48. The second-order valence-electron chi connectivity index (χ2n) is 5.32. The van der Waals surface area contributed by atoms with Crippen molar-refractivity contribution < 1.29 is 9.53 Å². The van der Waals surface area contributed by atoms with Crippen molar-refractivity contribution in [2.45, 2.75) is 18.6 Å². The van der Waals surface area contributed by atoms with E-state index in [0.717, 1.165) is 17.1 Å². The highest BCUT2D eigenvalue weighted by molar-refractivity contribution is 7.99. The van der Waals surface area contributed by atoms with Gasteiger partial charge in [-0.1, -0.05) is 11.8 Å². The fourth-order valence-electron chi connectivity index (χ4n) is 2.19. The molecular weight excluding hydrogens is 372 g/mol. The van der Waals surface area contributed by atoms with Crippen LogP contribution < -0.4 is 5.32 Å². The Balaban J connectivity index is 1.70. The Morgan fingerprint density at radius 1 is 1.35 bits per heavy atom. The molecule has 0 saturated carbocycles. The second-order valence-corrected chi connectivity index (χ2v) is 7.12. The predicted molar refractivity (Wildman–Crippen MR) is 101 cm³/mol. The molecule has 0 aliphatic heterocycles. The summed E-state index contributed by atoms with van der Waals surface area (Å²) < 4.78 is 7.13. The zero-order chi connectivity index (χ0) is 18.4. The first-order valence-electron chi connectivity index (χ1n) is 7.84. The van der Waals surface area contributed by atoms with Crippen LogP contribution in [0.2, 0.25) is 0 Å². The maximum atomic E-state index is 12.1. The van der Waals surface area contributed by atoms with Gasteiger partial charge in [0.05, 0.1) is 24.6 Å². The van der Waals surface area contributed by atoms with E-state index in [9.17, 15) is 4.79 Å². The first-order chi connectivity index (χ1) is 12.7. The van der Waals surface area contributed by atoms with Gasteiger partial charge < -0.3 is 10.1 Å². The first-order valence-corrected chi connectivity index (χ1v) is 9.71. The van der Waals surface area contributed by atoms with E-state index >= 15 is 0 Å². The number of anilines is 1. The molecule has 1 N–H and O–H groups in total. The zero-order valence-electron chi connectivity index (χ0n) is 14.4. The molecule has 0 bridgehead atoms. The number of rotatable bonds is 8. The van der Waals surface area contributed by atoms with Gasteiger partial charge in [-0.05, 0) is 19.1 Å². The monoisotopic (exact) mass is 390 g/mol. The third-order valence-corrected chi connectivity index (χ3v) is 5.21. The highest BCUT2D eigenvalue weighted by Crippen LogP contribution is 2.24. The van der Waals surface area contributed by atoms with Crippen LogP contribution in [0.15, 0.2) is 35.1 Å². The van der Waals surface area contributed by atoms with Gasteiger partial charge in [0.1, 0.15) is 0 Å². The van der Waals surface area contributed by atoms with Crippen molar-refractivity contribution in [1.82, 2.24) is 24.7 Å². The SMILES string of the molecule is COCCn1c(SCC(=O)Nc2nc(C)cs2)nnc1-c1ccncc1. The van der Waals surface area contributed by atoms with Crippen molar-refractivity contribution in [2.24, 2.45) is 0 Å². The Labute approximate surface area is 159 Å². The Hall–Kier alpha value is -2.30. The van der Waals surface area contributed by atoms with Crippen LogP contribution in [0, 0.1) is 6.92 Å². The molecule has 136 valence electrons. The Morgan fingerprint density at radius 2 is 2.15 bits per heavy atom. The van der Waals surface area contributed by atoms with Crippen molar-refractivity contribution in [1.29, 1.82) is 0 Å². The molecule has 0 unspecified atom stereocenters. The molecule has 0 radical (unpaired) electrons. The molecule has 3 heterocycles. The highest BCUT2D eigenvalue weighted by Gasteiger charge is 2.16. The molecule has 10 heteroatoms. The van der Waals surface area contributed by atoms with Crippen LogP contribution in [-0.4, -0.2) is 50.1 Å². The van der Waals surface area contributed by atoms with Gasteiger partial charge >= 0.3 is 0 Å². The minimum Gasteiger partial charge on any atom is -0.383 e. The van der Waals surface area contributed by atoms with Crippen molar-refractivity contribution in [2.75, 3.05) is 24.8 Å². The van der Waals surface area contributed by atoms with E-state index in [1.54, 1.807) is 19.5 Å². The number of carbonyl (C=O) groups is 1. The fourth-order valence-corrected chi connectivity index (χ4v) is 3.66. The summed E-state index contributed by atoms with van der Waals surface area (Å²) in [4.78, 5) is 20.4. The van der Waals surface area contributed by atoms with Gasteiger partial charge in [0.15, 0.2) is 16.1 Å². The number of amides is 1. The fraction of sp³-hybridized carbons (Fsp3) is 0.312. The van der Waals surface area contributed by atoms with Gasteiger partial charge in [0, 0.05) is 30.4 Å². The quantitative estimate of drug-likeness (QED) is 0.590. The molecule has 0 aliphatic rings. The summed E-state index contributed by atoms with van der Waals surface area (Å²) in [6.07, 6.45) is 3.42. The maximum absolute atomic E-state index is 12.1. The van der Waals surface area contributed by atoms with Crippen molar-refractivity contribution in [3.63, 3.8) is 0 Å². The topological polar surface area (TPSA) is 94.8 Å². The van der Waals surface area contributed by atoms with E-state index in [-0.39, 0.29) is 11.7 Å². The molecule has 3 rings (SSSR count). The van der Waals surface area contributed by atoms with Gasteiger partial charge in [-0.2, -0.15) is 0 Å². The Bertz CT molecular complexity index is 865. The van der Waals surface area contributed by atoms with E-state index in [4.69, 9.17) is 4.74 Å². The molecule has 0 aromatic carbocycles. The average Bonchev–Trinajstić information content (AvgIpc) is 3.24. The van der Waals surface area contributed by atoms with Crippen LogP contribution >= 0.6 is 23.1 Å². The van der Waals surface area contributed by atoms with Gasteiger partial charge in [-0.25, -0.2) is 4.98 Å². The lowest BCUT2D eigenvalue weighted by Crippen LogP contribution is -2.15. The number of nitrogens with zero attached hydrogens (tertiary/aromatic N) is 5. The van der Waals surface area contributed by atoms with E-state index < -0.39 is 0 Å². The number of hydrogen-bond acceptors (Lipinski definition) is 8. The van der Waals surface area contributed by atoms with Crippen LogP contribution in [0.1, 0.15) is 5.69 Å². The molecule has 0 aliphatic carbocycles. The Kier molecular flexibility index (Phi) is 6.31. The third kappa shape index (κ3) is 4.65.